The third kappa shape index (κ3) is 2.90. The van der Waals surface area contributed by atoms with Crippen molar-refractivity contribution in [2.45, 2.75) is 32.3 Å². The second-order valence-electron chi connectivity index (χ2n) is 4.81. The van der Waals surface area contributed by atoms with E-state index in [4.69, 9.17) is 9.26 Å². The lowest BCUT2D eigenvalue weighted by Gasteiger charge is -2.08. The highest BCUT2D eigenvalue weighted by atomic mass is 79.9. The third-order valence-electron chi connectivity index (χ3n) is 3.10. The first kappa shape index (κ1) is 13.3. The number of ether oxygens (including phenoxy) is 1. The predicted molar refractivity (Wildman–Crippen MR) is 74.8 cm³/mol. The lowest BCUT2D eigenvalue weighted by molar-refractivity contribution is 0.101. The highest BCUT2D eigenvalue weighted by Gasteiger charge is 2.28. The van der Waals surface area contributed by atoms with Gasteiger partial charge < -0.3 is 9.26 Å². The summed E-state index contributed by atoms with van der Waals surface area (Å²) in [4.78, 5) is 15.8. The van der Waals surface area contributed by atoms with Crippen molar-refractivity contribution >= 4 is 21.7 Å². The van der Waals surface area contributed by atoms with Crippen LogP contribution in [0.1, 0.15) is 47.8 Å². The number of Topliss-reactive ketones (excluding diaryl/α,β-unsaturated/α-hetero) is 1. The molecule has 1 aromatic carbocycles. The van der Waals surface area contributed by atoms with Crippen molar-refractivity contribution in [2.24, 2.45) is 0 Å². The number of benzene rings is 1. The molecule has 6 heteroatoms. The zero-order valence-electron chi connectivity index (χ0n) is 10.9. The Balaban J connectivity index is 1.73. The summed E-state index contributed by atoms with van der Waals surface area (Å²) < 4.78 is 11.6. The van der Waals surface area contributed by atoms with Crippen molar-refractivity contribution in [3.8, 4) is 5.75 Å². The number of aromatic nitrogens is 2. The van der Waals surface area contributed by atoms with Gasteiger partial charge in [-0.1, -0.05) is 21.1 Å². The van der Waals surface area contributed by atoms with Gasteiger partial charge in [0.1, 0.15) is 5.75 Å². The molecule has 0 N–H and O–H groups in total. The zero-order valence-corrected chi connectivity index (χ0v) is 12.5. The lowest BCUT2D eigenvalue weighted by atomic mass is 10.1. The Kier molecular flexibility index (Phi) is 3.56. The number of carbonyl (C=O) groups is 1. The van der Waals surface area contributed by atoms with Gasteiger partial charge in [0.25, 0.3) is 5.89 Å². The van der Waals surface area contributed by atoms with Gasteiger partial charge in [-0.3, -0.25) is 4.79 Å². The van der Waals surface area contributed by atoms with Gasteiger partial charge >= 0.3 is 0 Å². The average molecular weight is 337 g/mol. The van der Waals surface area contributed by atoms with Gasteiger partial charge in [-0.25, -0.2) is 0 Å². The molecule has 0 bridgehead atoms. The van der Waals surface area contributed by atoms with E-state index in [1.165, 1.54) is 6.92 Å². The first-order valence-electron chi connectivity index (χ1n) is 6.39. The fourth-order valence-electron chi connectivity index (χ4n) is 1.88. The average Bonchev–Trinajstić information content (AvgIpc) is 3.15. The Morgan fingerprint density at radius 3 is 3.00 bits per heavy atom. The van der Waals surface area contributed by atoms with E-state index in [-0.39, 0.29) is 12.4 Å². The quantitative estimate of drug-likeness (QED) is 0.782. The molecule has 1 aliphatic rings. The molecule has 0 amide bonds. The standard InChI is InChI=1S/C14H13BrN2O3/c1-8(18)11-5-4-10(15)6-12(11)19-7-13-16-14(17-20-13)9-2-3-9/h4-6,9H,2-3,7H2,1H3. The summed E-state index contributed by atoms with van der Waals surface area (Å²) in [6.07, 6.45) is 2.25. The summed E-state index contributed by atoms with van der Waals surface area (Å²) in [5.74, 6) is 2.10. The fourth-order valence-corrected chi connectivity index (χ4v) is 2.22. The lowest BCUT2D eigenvalue weighted by Crippen LogP contribution is -2.02. The van der Waals surface area contributed by atoms with Crippen LogP contribution in [0.25, 0.3) is 0 Å². The van der Waals surface area contributed by atoms with Gasteiger partial charge in [0.2, 0.25) is 0 Å². The van der Waals surface area contributed by atoms with E-state index in [9.17, 15) is 4.79 Å². The van der Waals surface area contributed by atoms with E-state index in [0.29, 0.717) is 23.1 Å². The molecule has 20 heavy (non-hydrogen) atoms. The molecular formula is C14H13BrN2O3. The molecule has 0 saturated heterocycles. The van der Waals surface area contributed by atoms with Gasteiger partial charge in [0.15, 0.2) is 18.2 Å². The number of nitrogens with zero attached hydrogens (tertiary/aromatic N) is 2. The van der Waals surface area contributed by atoms with Crippen LogP contribution in [0.5, 0.6) is 5.75 Å². The number of hydrogen-bond acceptors (Lipinski definition) is 5. The van der Waals surface area contributed by atoms with Crippen LogP contribution in [-0.2, 0) is 6.61 Å². The molecule has 1 aromatic heterocycles. The van der Waals surface area contributed by atoms with Crippen LogP contribution >= 0.6 is 15.9 Å². The molecule has 0 radical (unpaired) electrons. The summed E-state index contributed by atoms with van der Waals surface area (Å²) in [7, 11) is 0. The first-order chi connectivity index (χ1) is 9.63. The maximum absolute atomic E-state index is 11.5. The van der Waals surface area contributed by atoms with E-state index >= 15 is 0 Å². The van der Waals surface area contributed by atoms with Crippen molar-refractivity contribution in [1.29, 1.82) is 0 Å². The second-order valence-corrected chi connectivity index (χ2v) is 5.72. The van der Waals surface area contributed by atoms with E-state index in [2.05, 4.69) is 26.1 Å². The molecule has 1 heterocycles. The van der Waals surface area contributed by atoms with E-state index in [1.54, 1.807) is 12.1 Å². The van der Waals surface area contributed by atoms with E-state index in [1.807, 2.05) is 6.07 Å². The maximum Gasteiger partial charge on any atom is 0.264 e. The molecule has 3 rings (SSSR count). The Hall–Kier alpha value is -1.69. The molecule has 104 valence electrons. The van der Waals surface area contributed by atoms with Crippen molar-refractivity contribution in [1.82, 2.24) is 10.1 Å². The smallest absolute Gasteiger partial charge is 0.264 e. The van der Waals surface area contributed by atoms with E-state index < -0.39 is 0 Å². The number of carbonyl (C=O) groups excluding carboxylic acids is 1. The van der Waals surface area contributed by atoms with Crippen LogP contribution in [0.4, 0.5) is 0 Å². The van der Waals surface area contributed by atoms with E-state index in [0.717, 1.165) is 23.1 Å². The van der Waals surface area contributed by atoms with Crippen molar-refractivity contribution in [3.63, 3.8) is 0 Å². The number of rotatable bonds is 5. The molecule has 0 spiro atoms. The number of ketones is 1. The van der Waals surface area contributed by atoms with Crippen LogP contribution in [-0.4, -0.2) is 15.9 Å². The topological polar surface area (TPSA) is 65.2 Å². The molecule has 1 fully saturated rings. The van der Waals surface area contributed by atoms with Crippen LogP contribution < -0.4 is 4.74 Å². The summed E-state index contributed by atoms with van der Waals surface area (Å²) >= 11 is 3.36. The van der Waals surface area contributed by atoms with Gasteiger partial charge in [0, 0.05) is 10.4 Å². The van der Waals surface area contributed by atoms with Crippen molar-refractivity contribution < 1.29 is 14.1 Å². The fraction of sp³-hybridized carbons (Fsp3) is 0.357. The zero-order chi connectivity index (χ0) is 14.1. The Bertz CT molecular complexity index is 650. The largest absolute Gasteiger partial charge is 0.483 e. The molecule has 0 unspecified atom stereocenters. The Labute approximate surface area is 124 Å². The minimum absolute atomic E-state index is 0.0447. The minimum Gasteiger partial charge on any atom is -0.483 e. The van der Waals surface area contributed by atoms with Gasteiger partial charge in [0.05, 0.1) is 5.56 Å². The van der Waals surface area contributed by atoms with Crippen LogP contribution in [0, 0.1) is 0 Å². The molecular weight excluding hydrogens is 324 g/mol. The molecule has 0 atom stereocenters. The van der Waals surface area contributed by atoms with Crippen LogP contribution in [0.2, 0.25) is 0 Å². The van der Waals surface area contributed by atoms with Crippen LogP contribution in [0.3, 0.4) is 0 Å². The molecule has 0 aliphatic heterocycles. The SMILES string of the molecule is CC(=O)c1ccc(Br)cc1OCc1nc(C2CC2)no1. The van der Waals surface area contributed by atoms with Crippen molar-refractivity contribution in [2.75, 3.05) is 0 Å². The van der Waals surface area contributed by atoms with Crippen molar-refractivity contribution in [3.05, 3.63) is 40.0 Å². The number of halogens is 1. The van der Waals surface area contributed by atoms with Crippen LogP contribution in [0.15, 0.2) is 27.2 Å². The number of hydrogen-bond donors (Lipinski definition) is 0. The van der Waals surface area contributed by atoms with Gasteiger partial charge in [-0.15, -0.1) is 0 Å². The third-order valence-corrected chi connectivity index (χ3v) is 3.59. The monoisotopic (exact) mass is 336 g/mol. The van der Waals surface area contributed by atoms with Gasteiger partial charge in [-0.2, -0.15) is 4.98 Å². The Morgan fingerprint density at radius 2 is 2.30 bits per heavy atom. The predicted octanol–water partition coefficient (Wildman–Crippen LogP) is 3.49. The molecule has 1 saturated carbocycles. The molecule has 5 nitrogen and oxygen atoms in total. The normalized spacial score (nSPS) is 14.3. The summed E-state index contributed by atoms with van der Waals surface area (Å²) in [6, 6.07) is 5.29. The highest BCUT2D eigenvalue weighted by molar-refractivity contribution is 9.10. The highest BCUT2D eigenvalue weighted by Crippen LogP contribution is 2.38. The summed E-state index contributed by atoms with van der Waals surface area (Å²) in [5, 5.41) is 3.92. The maximum atomic E-state index is 11.5. The minimum atomic E-state index is -0.0447. The van der Waals surface area contributed by atoms with Gasteiger partial charge in [-0.05, 0) is 38.0 Å². The first-order valence-corrected chi connectivity index (χ1v) is 7.18. The molecule has 2 aromatic rings. The summed E-state index contributed by atoms with van der Waals surface area (Å²) in [5.41, 5.74) is 0.537. The molecule has 1 aliphatic carbocycles. The Morgan fingerprint density at radius 1 is 1.50 bits per heavy atom. The summed E-state index contributed by atoms with van der Waals surface area (Å²) in [6.45, 7) is 1.67. The second kappa shape index (κ2) is 5.36.